The number of amides is 1. The summed E-state index contributed by atoms with van der Waals surface area (Å²) in [5.41, 5.74) is 12.6. The van der Waals surface area contributed by atoms with Gasteiger partial charge in [-0.2, -0.15) is 0 Å². The SMILES string of the molecule is NC(=O)CC1(CN=C(N)N2CCN(c3ccc(Cl)cc3)CC2)CC1. The fourth-order valence-electron chi connectivity index (χ4n) is 3.13. The molecule has 1 saturated carbocycles. The lowest BCUT2D eigenvalue weighted by Gasteiger charge is -2.36. The second kappa shape index (κ2) is 6.89. The summed E-state index contributed by atoms with van der Waals surface area (Å²) >= 11 is 5.94. The molecule has 1 aliphatic carbocycles. The van der Waals surface area contributed by atoms with Gasteiger partial charge < -0.3 is 21.3 Å². The molecule has 1 aromatic carbocycles. The summed E-state index contributed by atoms with van der Waals surface area (Å²) in [4.78, 5) is 20.1. The second-order valence-electron chi connectivity index (χ2n) is 6.77. The van der Waals surface area contributed by atoms with Crippen molar-refractivity contribution in [1.29, 1.82) is 0 Å². The molecule has 2 fully saturated rings. The Morgan fingerprint density at radius 1 is 1.12 bits per heavy atom. The zero-order valence-electron chi connectivity index (χ0n) is 13.7. The van der Waals surface area contributed by atoms with Crippen molar-refractivity contribution in [3.63, 3.8) is 0 Å². The number of carbonyl (C=O) groups excluding carboxylic acids is 1. The Balaban J connectivity index is 1.51. The first-order valence-electron chi connectivity index (χ1n) is 8.31. The number of aliphatic imine (C=N–C) groups is 1. The van der Waals surface area contributed by atoms with E-state index in [2.05, 4.69) is 14.8 Å². The van der Waals surface area contributed by atoms with Crippen LogP contribution in [0.15, 0.2) is 29.3 Å². The van der Waals surface area contributed by atoms with Gasteiger partial charge in [-0.15, -0.1) is 0 Å². The molecule has 0 spiro atoms. The monoisotopic (exact) mass is 349 g/mol. The Labute approximate surface area is 147 Å². The number of rotatable bonds is 5. The number of anilines is 1. The third-order valence-electron chi connectivity index (χ3n) is 4.88. The van der Waals surface area contributed by atoms with Crippen molar-refractivity contribution in [2.75, 3.05) is 37.6 Å². The lowest BCUT2D eigenvalue weighted by atomic mass is 10.0. The molecule has 1 aromatic rings. The molecule has 0 bridgehead atoms. The van der Waals surface area contributed by atoms with E-state index in [1.54, 1.807) is 0 Å². The number of primary amides is 1. The van der Waals surface area contributed by atoms with Gasteiger partial charge in [-0.1, -0.05) is 11.6 Å². The van der Waals surface area contributed by atoms with E-state index >= 15 is 0 Å². The number of piperazine rings is 1. The van der Waals surface area contributed by atoms with Gasteiger partial charge in [0.15, 0.2) is 5.96 Å². The molecule has 6 nitrogen and oxygen atoms in total. The number of carbonyl (C=O) groups is 1. The molecule has 24 heavy (non-hydrogen) atoms. The maximum Gasteiger partial charge on any atom is 0.218 e. The van der Waals surface area contributed by atoms with Gasteiger partial charge in [0.05, 0.1) is 0 Å². The van der Waals surface area contributed by atoms with Crippen LogP contribution in [-0.2, 0) is 4.79 Å². The Morgan fingerprint density at radius 3 is 2.29 bits per heavy atom. The Hall–Kier alpha value is -1.95. The molecule has 0 radical (unpaired) electrons. The number of nitrogens with two attached hydrogens (primary N) is 2. The lowest BCUT2D eigenvalue weighted by molar-refractivity contribution is -0.119. The van der Waals surface area contributed by atoms with Crippen molar-refractivity contribution in [2.24, 2.45) is 21.9 Å². The number of hydrogen-bond acceptors (Lipinski definition) is 3. The van der Waals surface area contributed by atoms with E-state index < -0.39 is 0 Å². The predicted octanol–water partition coefficient (Wildman–Crippen LogP) is 1.43. The fraction of sp³-hybridized carbons (Fsp3) is 0.529. The molecule has 4 N–H and O–H groups in total. The van der Waals surface area contributed by atoms with E-state index in [1.807, 2.05) is 24.3 Å². The molecule has 3 rings (SSSR count). The molecule has 0 atom stereocenters. The number of halogens is 1. The van der Waals surface area contributed by atoms with Crippen molar-refractivity contribution in [1.82, 2.24) is 4.90 Å². The summed E-state index contributed by atoms with van der Waals surface area (Å²) in [6.07, 6.45) is 2.43. The third kappa shape index (κ3) is 4.12. The molecule has 1 heterocycles. The third-order valence-corrected chi connectivity index (χ3v) is 5.13. The summed E-state index contributed by atoms with van der Waals surface area (Å²) in [7, 11) is 0. The second-order valence-corrected chi connectivity index (χ2v) is 7.20. The van der Waals surface area contributed by atoms with Crippen LogP contribution in [0.5, 0.6) is 0 Å². The minimum atomic E-state index is -0.252. The van der Waals surface area contributed by atoms with Gasteiger partial charge in [-0.05, 0) is 42.5 Å². The first-order chi connectivity index (χ1) is 11.5. The molecular formula is C17H24ClN5O. The molecule has 1 aliphatic heterocycles. The van der Waals surface area contributed by atoms with Crippen LogP contribution in [0.25, 0.3) is 0 Å². The molecule has 1 amide bonds. The van der Waals surface area contributed by atoms with Gasteiger partial charge in [-0.25, -0.2) is 0 Å². The van der Waals surface area contributed by atoms with Crippen LogP contribution in [-0.4, -0.2) is 49.5 Å². The number of guanidine groups is 1. The van der Waals surface area contributed by atoms with Crippen molar-refractivity contribution in [2.45, 2.75) is 19.3 Å². The van der Waals surface area contributed by atoms with Crippen molar-refractivity contribution < 1.29 is 4.79 Å². The fourth-order valence-corrected chi connectivity index (χ4v) is 3.26. The summed E-state index contributed by atoms with van der Waals surface area (Å²) < 4.78 is 0. The van der Waals surface area contributed by atoms with E-state index in [-0.39, 0.29) is 11.3 Å². The smallest absolute Gasteiger partial charge is 0.218 e. The van der Waals surface area contributed by atoms with Crippen molar-refractivity contribution >= 4 is 29.2 Å². The number of nitrogens with zero attached hydrogens (tertiary/aromatic N) is 3. The van der Waals surface area contributed by atoms with Crippen LogP contribution < -0.4 is 16.4 Å². The van der Waals surface area contributed by atoms with E-state index in [4.69, 9.17) is 23.1 Å². The van der Waals surface area contributed by atoms with Gasteiger partial charge in [0.25, 0.3) is 0 Å². The van der Waals surface area contributed by atoms with Gasteiger partial charge in [-0.3, -0.25) is 9.79 Å². The number of benzene rings is 1. The maximum absolute atomic E-state index is 11.1. The number of hydrogen-bond donors (Lipinski definition) is 2. The van der Waals surface area contributed by atoms with Gasteiger partial charge in [0.2, 0.25) is 5.91 Å². The largest absolute Gasteiger partial charge is 0.370 e. The Morgan fingerprint density at radius 2 is 1.75 bits per heavy atom. The highest BCUT2D eigenvalue weighted by Crippen LogP contribution is 2.48. The molecule has 130 valence electrons. The van der Waals surface area contributed by atoms with E-state index in [0.29, 0.717) is 18.9 Å². The predicted molar refractivity (Wildman–Crippen MR) is 97.2 cm³/mol. The van der Waals surface area contributed by atoms with Gasteiger partial charge in [0.1, 0.15) is 0 Å². The molecular weight excluding hydrogens is 326 g/mol. The van der Waals surface area contributed by atoms with Gasteiger partial charge in [0, 0.05) is 49.9 Å². The van der Waals surface area contributed by atoms with Gasteiger partial charge >= 0.3 is 0 Å². The molecule has 0 aromatic heterocycles. The zero-order valence-corrected chi connectivity index (χ0v) is 14.5. The molecule has 1 saturated heterocycles. The van der Waals surface area contributed by atoms with E-state index in [0.717, 1.165) is 44.0 Å². The summed E-state index contributed by atoms with van der Waals surface area (Å²) in [6.45, 7) is 4.05. The normalized spacial score (nSPS) is 20.1. The quantitative estimate of drug-likeness (QED) is 0.621. The average molecular weight is 350 g/mol. The van der Waals surface area contributed by atoms with E-state index in [1.165, 1.54) is 5.69 Å². The lowest BCUT2D eigenvalue weighted by Crippen LogP contribution is -2.51. The average Bonchev–Trinajstić information content (AvgIpc) is 3.32. The highest BCUT2D eigenvalue weighted by Gasteiger charge is 2.43. The van der Waals surface area contributed by atoms with Crippen LogP contribution in [0.1, 0.15) is 19.3 Å². The highest BCUT2D eigenvalue weighted by atomic mass is 35.5. The zero-order chi connectivity index (χ0) is 17.2. The van der Waals surface area contributed by atoms with Crippen LogP contribution in [0, 0.1) is 5.41 Å². The minimum absolute atomic E-state index is 0.0262. The highest BCUT2D eigenvalue weighted by molar-refractivity contribution is 6.30. The van der Waals surface area contributed by atoms with Crippen LogP contribution in [0.2, 0.25) is 5.02 Å². The van der Waals surface area contributed by atoms with E-state index in [9.17, 15) is 4.79 Å². The van der Waals surface area contributed by atoms with Crippen molar-refractivity contribution in [3.8, 4) is 0 Å². The first kappa shape index (κ1) is 16.9. The molecule has 0 unspecified atom stereocenters. The summed E-state index contributed by atoms with van der Waals surface area (Å²) in [6, 6.07) is 7.89. The summed E-state index contributed by atoms with van der Waals surface area (Å²) in [5, 5.41) is 0.749. The Bertz CT molecular complexity index is 618. The maximum atomic E-state index is 11.1. The minimum Gasteiger partial charge on any atom is -0.370 e. The Kier molecular flexibility index (Phi) is 4.85. The summed E-state index contributed by atoms with van der Waals surface area (Å²) in [5.74, 6) is 0.319. The first-order valence-corrected chi connectivity index (χ1v) is 8.69. The molecule has 7 heteroatoms. The topological polar surface area (TPSA) is 87.9 Å². The van der Waals surface area contributed by atoms with Crippen LogP contribution in [0.3, 0.4) is 0 Å². The van der Waals surface area contributed by atoms with Crippen LogP contribution in [0.4, 0.5) is 5.69 Å². The standard InChI is InChI=1S/C17H24ClN5O/c18-13-1-3-14(4-2-13)22-7-9-23(10-8-22)16(20)21-12-17(5-6-17)11-15(19)24/h1-4H,5-12H2,(H2,19,24)(H2,20,21). The van der Waals surface area contributed by atoms with Crippen LogP contribution >= 0.6 is 11.6 Å². The van der Waals surface area contributed by atoms with Crippen molar-refractivity contribution in [3.05, 3.63) is 29.3 Å². The molecule has 2 aliphatic rings.